The first-order chi connectivity index (χ1) is 18.8. The SMILES string of the molecule is CS(=O)(=O)CC[C@H](N)C(=O)Nc1nc2ccccc2n1C1CCN(C2(c3ccccc3)CCCCCC2)CC1. The van der Waals surface area contributed by atoms with Crippen LogP contribution in [-0.4, -0.2) is 59.9 Å². The maximum Gasteiger partial charge on any atom is 0.243 e. The third-order valence-corrected chi connectivity index (χ3v) is 9.62. The van der Waals surface area contributed by atoms with Gasteiger partial charge in [0.05, 0.1) is 22.8 Å². The van der Waals surface area contributed by atoms with Crippen LogP contribution in [0.15, 0.2) is 54.6 Å². The molecule has 8 nitrogen and oxygen atoms in total. The molecule has 1 aromatic heterocycles. The molecule has 3 N–H and O–H groups in total. The summed E-state index contributed by atoms with van der Waals surface area (Å²) in [6.45, 7) is 1.96. The van der Waals surface area contributed by atoms with Crippen LogP contribution in [-0.2, 0) is 20.2 Å². The number of nitrogens with zero attached hydrogens (tertiary/aromatic N) is 3. The smallest absolute Gasteiger partial charge is 0.243 e. The summed E-state index contributed by atoms with van der Waals surface area (Å²) in [6.07, 6.45) is 10.7. The highest BCUT2D eigenvalue weighted by molar-refractivity contribution is 7.90. The average molecular weight is 552 g/mol. The molecule has 9 heteroatoms. The molecule has 1 aliphatic heterocycles. The number of nitrogens with one attached hydrogen (secondary N) is 1. The summed E-state index contributed by atoms with van der Waals surface area (Å²) >= 11 is 0. The largest absolute Gasteiger partial charge is 0.320 e. The van der Waals surface area contributed by atoms with Crippen molar-refractivity contribution in [3.8, 4) is 0 Å². The van der Waals surface area contributed by atoms with Gasteiger partial charge in [0.15, 0.2) is 0 Å². The molecule has 1 aliphatic carbocycles. The van der Waals surface area contributed by atoms with Crippen molar-refractivity contribution < 1.29 is 13.2 Å². The fraction of sp³-hybridized carbons (Fsp3) is 0.533. The van der Waals surface area contributed by atoms with Gasteiger partial charge in [-0.1, -0.05) is 68.1 Å². The average Bonchev–Trinajstić information content (AvgIpc) is 3.11. The third kappa shape index (κ3) is 6.21. The third-order valence-electron chi connectivity index (χ3n) is 8.64. The van der Waals surface area contributed by atoms with E-state index in [9.17, 15) is 13.2 Å². The number of rotatable bonds is 8. The van der Waals surface area contributed by atoms with E-state index in [2.05, 4.69) is 45.1 Å². The van der Waals surface area contributed by atoms with E-state index in [0.717, 1.165) is 43.2 Å². The number of carbonyl (C=O) groups excluding carboxylic acids is 1. The van der Waals surface area contributed by atoms with E-state index in [-0.39, 0.29) is 23.8 Å². The van der Waals surface area contributed by atoms with Gasteiger partial charge in [-0.2, -0.15) is 0 Å². The second kappa shape index (κ2) is 11.8. The molecule has 0 bridgehead atoms. The van der Waals surface area contributed by atoms with E-state index in [0.29, 0.717) is 5.95 Å². The zero-order chi connectivity index (χ0) is 27.5. The van der Waals surface area contributed by atoms with Crippen molar-refractivity contribution in [3.05, 3.63) is 60.2 Å². The quantitative estimate of drug-likeness (QED) is 0.395. The Morgan fingerprint density at radius 1 is 1.03 bits per heavy atom. The van der Waals surface area contributed by atoms with Crippen molar-refractivity contribution in [1.82, 2.24) is 14.5 Å². The summed E-state index contributed by atoms with van der Waals surface area (Å²) in [4.78, 5) is 20.4. The number of anilines is 1. The number of nitrogens with two attached hydrogens (primary N) is 1. The Bertz CT molecular complexity index is 1370. The van der Waals surface area contributed by atoms with Crippen molar-refractivity contribution in [2.75, 3.05) is 30.4 Å². The maximum atomic E-state index is 12.9. The number of piperidine rings is 1. The number of hydrogen-bond donors (Lipinski definition) is 2. The van der Waals surface area contributed by atoms with Gasteiger partial charge >= 0.3 is 0 Å². The molecule has 210 valence electrons. The van der Waals surface area contributed by atoms with Crippen LogP contribution in [0.5, 0.6) is 0 Å². The van der Waals surface area contributed by atoms with Crippen LogP contribution >= 0.6 is 0 Å². The highest BCUT2D eigenvalue weighted by Gasteiger charge is 2.40. The van der Waals surface area contributed by atoms with Gasteiger partial charge in [-0.05, 0) is 49.8 Å². The van der Waals surface area contributed by atoms with Crippen LogP contribution in [0, 0.1) is 0 Å². The molecule has 0 radical (unpaired) electrons. The van der Waals surface area contributed by atoms with Crippen molar-refractivity contribution in [3.63, 3.8) is 0 Å². The van der Waals surface area contributed by atoms with Gasteiger partial charge in [0.2, 0.25) is 11.9 Å². The Kier molecular flexibility index (Phi) is 8.40. The van der Waals surface area contributed by atoms with Gasteiger partial charge in [-0.3, -0.25) is 15.0 Å². The molecule has 3 aromatic rings. The number of hydrogen-bond acceptors (Lipinski definition) is 6. The fourth-order valence-corrected chi connectivity index (χ4v) is 7.26. The van der Waals surface area contributed by atoms with Crippen LogP contribution in [0.4, 0.5) is 5.95 Å². The normalized spacial score (nSPS) is 19.9. The molecular formula is C30H41N5O3S. The van der Waals surface area contributed by atoms with Gasteiger partial charge in [0.25, 0.3) is 0 Å². The summed E-state index contributed by atoms with van der Waals surface area (Å²) in [6, 6.07) is 18.3. The predicted octanol–water partition coefficient (Wildman–Crippen LogP) is 4.62. The summed E-state index contributed by atoms with van der Waals surface area (Å²) in [5, 5.41) is 2.93. The lowest BCUT2D eigenvalue weighted by Crippen LogP contribution is -2.50. The molecule has 39 heavy (non-hydrogen) atoms. The Hall–Kier alpha value is -2.75. The van der Waals surface area contributed by atoms with E-state index in [1.54, 1.807) is 0 Å². The number of carbonyl (C=O) groups is 1. The first kappa shape index (κ1) is 27.8. The van der Waals surface area contributed by atoms with Crippen LogP contribution in [0.25, 0.3) is 11.0 Å². The molecule has 0 unspecified atom stereocenters. The lowest BCUT2D eigenvalue weighted by atomic mass is 9.79. The molecule has 1 saturated heterocycles. The van der Waals surface area contributed by atoms with Crippen molar-refractivity contribution in [2.45, 2.75) is 75.4 Å². The number of imidazole rings is 1. The zero-order valence-corrected chi connectivity index (χ0v) is 23.7. The molecular weight excluding hydrogens is 510 g/mol. The van der Waals surface area contributed by atoms with Gasteiger partial charge < -0.3 is 10.3 Å². The highest BCUT2D eigenvalue weighted by atomic mass is 32.2. The molecule has 2 heterocycles. The Morgan fingerprint density at radius 3 is 2.33 bits per heavy atom. The Morgan fingerprint density at radius 2 is 1.67 bits per heavy atom. The topological polar surface area (TPSA) is 110 Å². The minimum atomic E-state index is -3.20. The van der Waals surface area contributed by atoms with Crippen LogP contribution < -0.4 is 11.1 Å². The number of fused-ring (bicyclic) bond motifs is 1. The van der Waals surface area contributed by atoms with Crippen molar-refractivity contribution >= 4 is 32.7 Å². The first-order valence-electron chi connectivity index (χ1n) is 14.3. The number of benzene rings is 2. The van der Waals surface area contributed by atoms with Crippen LogP contribution in [0.2, 0.25) is 0 Å². The lowest BCUT2D eigenvalue weighted by molar-refractivity contribution is -0.117. The van der Waals surface area contributed by atoms with Crippen LogP contribution in [0.1, 0.15) is 69.4 Å². The molecule has 0 spiro atoms. The van der Waals surface area contributed by atoms with Gasteiger partial charge in [0, 0.05) is 30.9 Å². The van der Waals surface area contributed by atoms with E-state index >= 15 is 0 Å². The van der Waals surface area contributed by atoms with E-state index < -0.39 is 21.8 Å². The van der Waals surface area contributed by atoms with Gasteiger partial charge in [0.1, 0.15) is 9.84 Å². The van der Waals surface area contributed by atoms with Crippen molar-refractivity contribution in [2.24, 2.45) is 5.73 Å². The monoisotopic (exact) mass is 551 g/mol. The van der Waals surface area contributed by atoms with E-state index in [4.69, 9.17) is 10.7 Å². The number of amides is 1. The Labute approximate surface area is 231 Å². The molecule has 2 fully saturated rings. The zero-order valence-electron chi connectivity index (χ0n) is 22.9. The summed E-state index contributed by atoms with van der Waals surface area (Å²) < 4.78 is 25.3. The van der Waals surface area contributed by atoms with E-state index in [1.807, 2.05) is 24.3 Å². The number of para-hydroxylation sites is 2. The van der Waals surface area contributed by atoms with E-state index in [1.165, 1.54) is 44.1 Å². The van der Waals surface area contributed by atoms with Gasteiger partial charge in [-0.15, -0.1) is 0 Å². The summed E-state index contributed by atoms with van der Waals surface area (Å²) in [7, 11) is -3.20. The molecule has 2 aromatic carbocycles. The first-order valence-corrected chi connectivity index (χ1v) is 16.3. The second-order valence-electron chi connectivity index (χ2n) is 11.3. The minimum Gasteiger partial charge on any atom is -0.320 e. The molecule has 1 atom stereocenters. The van der Waals surface area contributed by atoms with Crippen LogP contribution in [0.3, 0.4) is 0 Å². The number of sulfone groups is 1. The van der Waals surface area contributed by atoms with Crippen molar-refractivity contribution in [1.29, 1.82) is 0 Å². The second-order valence-corrected chi connectivity index (χ2v) is 13.6. The minimum absolute atomic E-state index is 0.0743. The molecule has 5 rings (SSSR count). The lowest BCUT2D eigenvalue weighted by Gasteiger charge is -2.48. The highest BCUT2D eigenvalue weighted by Crippen LogP contribution is 2.44. The molecule has 1 saturated carbocycles. The standard InChI is InChI=1S/C30H41N5O3S/c1-39(37,38)22-17-25(31)28(36)33-29-32-26-13-7-8-14-27(26)35(29)24-15-20-34(21-16-24)30(18-9-2-3-10-19-30)23-11-5-4-6-12-23/h4-8,11-14,24-25H,2-3,9-10,15-22,31H2,1H3,(H,32,33,36)/t25-/m0/s1. The maximum absolute atomic E-state index is 12.9. The van der Waals surface area contributed by atoms with Gasteiger partial charge in [-0.25, -0.2) is 13.4 Å². The number of likely N-dealkylation sites (tertiary alicyclic amines) is 1. The molecule has 2 aliphatic rings. The number of aromatic nitrogens is 2. The molecule has 1 amide bonds. The summed E-state index contributed by atoms with van der Waals surface area (Å²) in [5.41, 5.74) is 9.40. The predicted molar refractivity (Wildman–Crippen MR) is 156 cm³/mol. The fourth-order valence-electron chi connectivity index (χ4n) is 6.58. The summed E-state index contributed by atoms with van der Waals surface area (Å²) in [5.74, 6) is -0.0459. The Balaban J connectivity index is 1.37.